The molecule has 11 bridgehead atoms. The van der Waals surface area contributed by atoms with Crippen molar-refractivity contribution in [2.75, 3.05) is 13.7 Å². The SMILES string of the molecule is CN[C@H](CC(C)C)C(=O)N[C@H]1C(=O)N[C@@H](CC(N)=O)C(=O)N[C@H]2C(=O)N[C@H]3C(=O)N[C@H](C(=O)N[C@H](C(=O)O)c4cc(O)cc(O)c4-c4cc3ccc4O)[C@H](O[C@H]3C[C@](C)(N)C(=O)[C@H](C)O3)c3ccc(c(Cl)c3)Oc3cc2cc(c3O[C@@H]2O[C@H](CO)[C@@H](O)[C@H](O)[C@H]2O)Oc2ccc(cc2Cl)[C@H]1O.C[C@@H]1OC(O)[C@H](O)[C@H](O)[C@H]1O. The van der Waals surface area contributed by atoms with Gasteiger partial charge in [0.05, 0.1) is 40.8 Å². The van der Waals surface area contributed by atoms with Crippen LogP contribution >= 0.6 is 23.2 Å². The van der Waals surface area contributed by atoms with Crippen LogP contribution in [0, 0.1) is 5.92 Å². The van der Waals surface area contributed by atoms with Crippen LogP contribution < -0.4 is 62.9 Å². The first kappa shape index (κ1) is 84.8. The van der Waals surface area contributed by atoms with E-state index in [-0.39, 0.29) is 39.8 Å². The number of nitrogens with two attached hydrogens (primary N) is 2. The molecule has 0 aliphatic carbocycles. The summed E-state index contributed by atoms with van der Waals surface area (Å²) in [6.07, 6.45) is -24.1. The predicted octanol–water partition coefficient (Wildman–Crippen LogP) is -1.88. The number of nitrogens with one attached hydrogen (secondary N) is 7. The highest BCUT2D eigenvalue weighted by atomic mass is 35.5. The van der Waals surface area contributed by atoms with Gasteiger partial charge in [-0.25, -0.2) is 4.79 Å². The van der Waals surface area contributed by atoms with Crippen molar-refractivity contribution in [1.82, 2.24) is 37.2 Å². The van der Waals surface area contributed by atoms with Gasteiger partial charge in [-0.2, -0.15) is 0 Å². The Hall–Kier alpha value is -9.69. The molecule has 13 rings (SSSR count). The van der Waals surface area contributed by atoms with Gasteiger partial charge in [0.25, 0.3) is 0 Å². The number of phenolic OH excluding ortho intramolecular Hbond substituents is 3. The maximum absolute atomic E-state index is 16.1. The fourth-order valence-corrected chi connectivity index (χ4v) is 13.8. The molecule has 5 aromatic carbocycles. The zero-order valence-corrected chi connectivity index (χ0v) is 61.8. The third-order valence-corrected chi connectivity index (χ3v) is 20.0. The van der Waals surface area contributed by atoms with Gasteiger partial charge < -0.3 is 148 Å². The Kier molecular flexibility index (Phi) is 26.3. The number of hydrogen-bond donors (Lipinski definition) is 22. The second-order valence-electron chi connectivity index (χ2n) is 28.2. The second-order valence-corrected chi connectivity index (χ2v) is 29.0. The number of carboxylic acids is 1. The number of ketones is 1. The average Bonchev–Trinajstić information content (AvgIpc) is 0.761. The summed E-state index contributed by atoms with van der Waals surface area (Å²) in [6, 6.07) is -0.561. The lowest BCUT2D eigenvalue weighted by Crippen LogP contribution is -2.60. The Labute approximate surface area is 646 Å². The number of likely N-dealkylation sites (N-methyl/N-ethyl adjacent to an activating group) is 1. The Morgan fingerprint density at radius 3 is 1.86 bits per heavy atom. The monoisotopic (exact) mass is 1610 g/mol. The molecule has 38 nitrogen and oxygen atoms in total. The highest BCUT2D eigenvalue weighted by Gasteiger charge is 2.50. The predicted molar refractivity (Wildman–Crippen MR) is 383 cm³/mol. The molecule has 0 aromatic heterocycles. The third-order valence-electron chi connectivity index (χ3n) is 19.4. The molecular formula is C72H85Cl2N9O29. The van der Waals surface area contributed by atoms with Crippen molar-refractivity contribution in [2.45, 2.75) is 188 Å². The number of carbonyl (C=O) groups excluding carboxylic acids is 8. The summed E-state index contributed by atoms with van der Waals surface area (Å²) < 4.78 is 42.5. The summed E-state index contributed by atoms with van der Waals surface area (Å²) in [5.41, 5.74) is 7.78. The number of aliphatic hydroxyl groups excluding tert-OH is 9. The number of benzene rings is 5. The van der Waals surface area contributed by atoms with Crippen LogP contribution in [0.15, 0.2) is 78.9 Å². The zero-order chi connectivity index (χ0) is 82.1. The lowest BCUT2D eigenvalue weighted by atomic mass is 9.88. The molecule has 1 unspecified atom stereocenters. The number of carbonyl (C=O) groups is 9. The molecule has 24 N–H and O–H groups in total. The van der Waals surface area contributed by atoms with Crippen molar-refractivity contribution >= 4 is 76.3 Å². The van der Waals surface area contributed by atoms with Gasteiger partial charge in [-0.05, 0) is 117 Å². The number of carboxylic acid groups (broad SMARTS) is 1. The summed E-state index contributed by atoms with van der Waals surface area (Å²) in [5, 5.41) is 154. The van der Waals surface area contributed by atoms with E-state index < -0.39 is 274 Å². The summed E-state index contributed by atoms with van der Waals surface area (Å²) in [6.45, 7) is 6.90. The fraction of sp³-hybridized carbons (Fsp3) is 0.458. The first-order valence-electron chi connectivity index (χ1n) is 34.9. The number of halogens is 2. The van der Waals surface area contributed by atoms with Gasteiger partial charge >= 0.3 is 5.97 Å². The van der Waals surface area contributed by atoms with Crippen molar-refractivity contribution in [3.05, 3.63) is 117 Å². The summed E-state index contributed by atoms with van der Waals surface area (Å²) in [4.78, 5) is 132. The number of aromatic hydroxyl groups is 3. The summed E-state index contributed by atoms with van der Waals surface area (Å²) in [7, 11) is 1.47. The van der Waals surface area contributed by atoms with Gasteiger partial charge in [0.15, 0.2) is 35.9 Å². The topological polar surface area (TPSA) is 617 Å². The van der Waals surface area contributed by atoms with E-state index in [1.54, 1.807) is 0 Å². The number of ether oxygens (including phenoxy) is 7. The minimum absolute atomic E-state index is 0.0975. The van der Waals surface area contributed by atoms with Gasteiger partial charge in [-0.3, -0.25) is 38.4 Å². The molecule has 22 atom stereocenters. The van der Waals surface area contributed by atoms with E-state index in [1.807, 2.05) is 13.8 Å². The van der Waals surface area contributed by atoms with Gasteiger partial charge in [-0.1, -0.05) is 55.2 Å². The normalized spacial score (nSPS) is 31.1. The minimum atomic E-state index is -2.35. The molecule has 40 heteroatoms. The molecule has 8 aliphatic rings. The van der Waals surface area contributed by atoms with E-state index in [1.165, 1.54) is 46.0 Å². The number of fused-ring (bicyclic) bond motifs is 15. The Morgan fingerprint density at radius 1 is 0.661 bits per heavy atom. The van der Waals surface area contributed by atoms with E-state index in [0.717, 1.165) is 60.7 Å². The number of rotatable bonds is 13. The van der Waals surface area contributed by atoms with Gasteiger partial charge in [0.2, 0.25) is 53.4 Å². The number of aliphatic hydroxyl groups is 9. The fourth-order valence-electron chi connectivity index (χ4n) is 13.4. The van der Waals surface area contributed by atoms with Crippen LogP contribution in [0.2, 0.25) is 10.0 Å². The van der Waals surface area contributed by atoms with E-state index in [0.29, 0.717) is 0 Å². The number of amides is 7. The Morgan fingerprint density at radius 2 is 1.26 bits per heavy atom. The molecule has 0 spiro atoms. The van der Waals surface area contributed by atoms with E-state index >= 15 is 19.2 Å². The van der Waals surface area contributed by atoms with Crippen LogP contribution in [0.3, 0.4) is 0 Å². The quantitative estimate of drug-likeness (QED) is 0.0613. The summed E-state index contributed by atoms with van der Waals surface area (Å²) in [5.74, 6) is -16.7. The van der Waals surface area contributed by atoms with Crippen LogP contribution in [-0.4, -0.2) is 237 Å². The molecule has 5 aromatic rings. The first-order chi connectivity index (χ1) is 52.7. The highest BCUT2D eigenvalue weighted by molar-refractivity contribution is 6.32. The maximum atomic E-state index is 16.1. The molecule has 8 aliphatic heterocycles. The molecule has 3 fully saturated rings. The van der Waals surface area contributed by atoms with Crippen LogP contribution in [0.5, 0.6) is 46.0 Å². The second kappa shape index (κ2) is 34.7. The molecule has 0 radical (unpaired) electrons. The van der Waals surface area contributed by atoms with E-state index in [4.69, 9.17) is 83.5 Å². The van der Waals surface area contributed by atoms with Crippen molar-refractivity contribution < 1.29 is 143 Å². The molecular weight excluding hydrogens is 1530 g/mol. The van der Waals surface area contributed by atoms with Gasteiger partial charge in [0, 0.05) is 29.2 Å². The van der Waals surface area contributed by atoms with Gasteiger partial charge in [-0.15, -0.1) is 0 Å². The number of aliphatic carboxylic acids is 1. The number of hydrogen-bond acceptors (Lipinski definition) is 30. The largest absolute Gasteiger partial charge is 0.508 e. The highest BCUT2D eigenvalue weighted by Crippen LogP contribution is 2.50. The number of primary amides is 1. The number of phenols is 3. The average molecular weight is 1610 g/mol. The molecule has 0 saturated carbocycles. The van der Waals surface area contributed by atoms with Gasteiger partial charge in [0.1, 0.15) is 120 Å². The standard InChI is InChI=1S/C66H73Cl2N9O24.C6H12O5/c1-23(2)12-34(71-5)58(88)76-49-51(83)26-7-10-38(32(67)14-26)97-40-16-28-17-41(56(40)101-65-54(86)53(85)52(84)42(22-78)99-65)98-39-11-8-27(15-33(39)68)55(100-44-21-66(4,70)57(87)24(3)96-44)50-63(93)75-48(64(94)95)31-18-29(79)19-37(81)45(31)30-13-25(6-9-36(30)80)46(60(90)77-50)74-61(91)47(28)73-59(89)35(20-43(69)82)72-62(49)92;1-2-3(7)4(8)5(9)6(10)11-2/h6-11,13-19,23-24,34-35,42,44,46-55,65,71,78-81,83-86H,12,20-22,70H2,1-5H3,(H2,69,82)(H,72,92)(H,73,89)(H,74,91)(H,75,93)(H,76,88)(H,77,90)(H,94,95);2-10H,1H3/t24-,34+,35-,42+,44-,46+,47+,48-,49+,50-,51+,52+,53-,54+,55+,65-,66-;2-,3-,4+,5+,6?/m00/s1. The Balaban J connectivity index is 0.00000111. The summed E-state index contributed by atoms with van der Waals surface area (Å²) >= 11 is 14.2. The lowest BCUT2D eigenvalue weighted by Gasteiger charge is -2.40. The van der Waals surface area contributed by atoms with Crippen molar-refractivity contribution in [2.24, 2.45) is 17.4 Å². The third kappa shape index (κ3) is 18.3. The van der Waals surface area contributed by atoms with Crippen LogP contribution in [0.4, 0.5) is 0 Å². The van der Waals surface area contributed by atoms with Crippen LogP contribution in [0.25, 0.3) is 11.1 Å². The first-order valence-corrected chi connectivity index (χ1v) is 35.7. The lowest BCUT2D eigenvalue weighted by molar-refractivity contribution is -0.277. The van der Waals surface area contributed by atoms with Crippen LogP contribution in [-0.2, 0) is 62.1 Å². The molecule has 112 heavy (non-hydrogen) atoms. The number of Topliss-reactive ketones (excluding diaryl/α,β-unsaturated/α-hetero) is 1. The van der Waals surface area contributed by atoms with Crippen molar-refractivity contribution in [3.8, 4) is 57.1 Å². The maximum Gasteiger partial charge on any atom is 0.330 e. The van der Waals surface area contributed by atoms with E-state index in [9.17, 15) is 69.9 Å². The van der Waals surface area contributed by atoms with Crippen LogP contribution in [0.1, 0.15) is 112 Å². The van der Waals surface area contributed by atoms with E-state index in [2.05, 4.69) is 42.0 Å². The van der Waals surface area contributed by atoms with Crippen molar-refractivity contribution in [1.29, 1.82) is 0 Å². The Bertz CT molecular complexity index is 4430. The molecule has 7 amide bonds. The molecule has 606 valence electrons. The smallest absolute Gasteiger partial charge is 0.330 e. The zero-order valence-electron chi connectivity index (χ0n) is 60.3. The molecule has 3 saturated heterocycles. The molecule has 8 heterocycles. The van der Waals surface area contributed by atoms with Crippen molar-refractivity contribution in [3.63, 3.8) is 0 Å². The minimum Gasteiger partial charge on any atom is -0.508 e.